The Bertz CT molecular complexity index is 420. The van der Waals surface area contributed by atoms with Gasteiger partial charge in [-0.05, 0) is 16.7 Å². The van der Waals surface area contributed by atoms with Crippen molar-refractivity contribution in [2.75, 3.05) is 6.67 Å². The monoisotopic (exact) mass is 212 g/mol. The van der Waals surface area contributed by atoms with E-state index in [1.165, 1.54) is 16.7 Å². The van der Waals surface area contributed by atoms with Crippen molar-refractivity contribution < 1.29 is 0 Å². The summed E-state index contributed by atoms with van der Waals surface area (Å²) in [4.78, 5) is 0. The molecule has 0 spiro atoms. The largest absolute Gasteiger partial charge is 0.318 e. The lowest BCUT2D eigenvalue weighted by molar-refractivity contribution is 0.709. The molecule has 0 aliphatic carbocycles. The van der Waals surface area contributed by atoms with Crippen molar-refractivity contribution in [3.05, 3.63) is 60.2 Å². The van der Waals surface area contributed by atoms with Crippen LogP contribution in [0.3, 0.4) is 0 Å². The van der Waals surface area contributed by atoms with E-state index in [-0.39, 0.29) is 0 Å². The highest BCUT2D eigenvalue weighted by molar-refractivity contribution is 5.63. The number of nitrogens with one attached hydrogen (secondary N) is 1. The van der Waals surface area contributed by atoms with Crippen LogP contribution in [-0.4, -0.2) is 6.67 Å². The third kappa shape index (κ3) is 2.69. The van der Waals surface area contributed by atoms with Crippen LogP contribution in [0.5, 0.6) is 0 Å². The second-order valence-electron chi connectivity index (χ2n) is 3.69. The molecule has 82 valence electrons. The van der Waals surface area contributed by atoms with Gasteiger partial charge in [0, 0.05) is 13.2 Å². The SMILES string of the molecule is NCNCc1ccc(-c2ccccc2)cc1. The quantitative estimate of drug-likeness (QED) is 0.763. The van der Waals surface area contributed by atoms with Gasteiger partial charge in [-0.15, -0.1) is 0 Å². The minimum absolute atomic E-state index is 0.514. The minimum atomic E-state index is 0.514. The number of rotatable bonds is 4. The van der Waals surface area contributed by atoms with Gasteiger partial charge < -0.3 is 11.1 Å². The van der Waals surface area contributed by atoms with Crippen LogP contribution in [0.15, 0.2) is 54.6 Å². The first-order valence-electron chi connectivity index (χ1n) is 5.45. The Kier molecular flexibility index (Phi) is 3.70. The van der Waals surface area contributed by atoms with Crippen LogP contribution < -0.4 is 11.1 Å². The van der Waals surface area contributed by atoms with Gasteiger partial charge in [-0.25, -0.2) is 0 Å². The number of benzene rings is 2. The van der Waals surface area contributed by atoms with E-state index in [0.29, 0.717) is 6.67 Å². The summed E-state index contributed by atoms with van der Waals surface area (Å²) < 4.78 is 0. The van der Waals surface area contributed by atoms with E-state index in [0.717, 1.165) is 6.54 Å². The van der Waals surface area contributed by atoms with Gasteiger partial charge in [0.15, 0.2) is 0 Å². The zero-order chi connectivity index (χ0) is 11.2. The van der Waals surface area contributed by atoms with E-state index in [9.17, 15) is 0 Å². The fraction of sp³-hybridized carbons (Fsp3) is 0.143. The molecule has 3 N–H and O–H groups in total. The van der Waals surface area contributed by atoms with E-state index >= 15 is 0 Å². The van der Waals surface area contributed by atoms with Gasteiger partial charge in [0.25, 0.3) is 0 Å². The molecule has 0 heterocycles. The third-order valence-corrected chi connectivity index (χ3v) is 2.53. The fourth-order valence-corrected chi connectivity index (χ4v) is 1.66. The van der Waals surface area contributed by atoms with Gasteiger partial charge in [0.1, 0.15) is 0 Å². The van der Waals surface area contributed by atoms with Crippen LogP contribution in [0.4, 0.5) is 0 Å². The molecule has 0 unspecified atom stereocenters. The van der Waals surface area contributed by atoms with Gasteiger partial charge in [-0.2, -0.15) is 0 Å². The van der Waals surface area contributed by atoms with E-state index in [2.05, 4.69) is 53.8 Å². The van der Waals surface area contributed by atoms with Crippen molar-refractivity contribution in [2.45, 2.75) is 6.54 Å². The highest BCUT2D eigenvalue weighted by Gasteiger charge is 1.96. The van der Waals surface area contributed by atoms with Crippen LogP contribution in [0.1, 0.15) is 5.56 Å². The van der Waals surface area contributed by atoms with Gasteiger partial charge in [0.2, 0.25) is 0 Å². The molecule has 2 heteroatoms. The van der Waals surface area contributed by atoms with E-state index in [1.54, 1.807) is 0 Å². The summed E-state index contributed by atoms with van der Waals surface area (Å²) in [7, 11) is 0. The first-order valence-corrected chi connectivity index (χ1v) is 5.45. The average molecular weight is 212 g/mol. The van der Waals surface area contributed by atoms with E-state index in [1.807, 2.05) is 6.07 Å². The molecule has 0 bridgehead atoms. The number of hydrogen-bond acceptors (Lipinski definition) is 2. The topological polar surface area (TPSA) is 38.0 Å². The first kappa shape index (κ1) is 10.9. The molecule has 2 aromatic rings. The zero-order valence-corrected chi connectivity index (χ0v) is 9.19. The smallest absolute Gasteiger partial charge is 0.0431 e. The summed E-state index contributed by atoms with van der Waals surface area (Å²) >= 11 is 0. The molecular weight excluding hydrogens is 196 g/mol. The molecule has 0 aliphatic rings. The Morgan fingerprint density at radius 3 is 2.06 bits per heavy atom. The Morgan fingerprint density at radius 2 is 1.44 bits per heavy atom. The minimum Gasteiger partial charge on any atom is -0.318 e. The second kappa shape index (κ2) is 5.45. The molecule has 0 aliphatic heterocycles. The van der Waals surface area contributed by atoms with E-state index < -0.39 is 0 Å². The Hall–Kier alpha value is -1.64. The number of hydrogen-bond donors (Lipinski definition) is 2. The van der Waals surface area contributed by atoms with Crippen molar-refractivity contribution in [1.82, 2.24) is 5.32 Å². The normalized spacial score (nSPS) is 10.3. The van der Waals surface area contributed by atoms with Crippen molar-refractivity contribution >= 4 is 0 Å². The van der Waals surface area contributed by atoms with Crippen LogP contribution >= 0.6 is 0 Å². The maximum atomic E-state index is 5.39. The van der Waals surface area contributed by atoms with Gasteiger partial charge in [-0.1, -0.05) is 54.6 Å². The summed E-state index contributed by atoms with van der Waals surface area (Å²) in [5.74, 6) is 0. The molecule has 0 saturated heterocycles. The summed E-state index contributed by atoms with van der Waals surface area (Å²) in [6, 6.07) is 18.9. The molecular formula is C14H16N2. The van der Waals surface area contributed by atoms with Crippen LogP contribution in [-0.2, 0) is 6.54 Å². The Labute approximate surface area is 96.1 Å². The highest BCUT2D eigenvalue weighted by atomic mass is 14.9. The third-order valence-electron chi connectivity index (χ3n) is 2.53. The Morgan fingerprint density at radius 1 is 0.812 bits per heavy atom. The van der Waals surface area contributed by atoms with E-state index in [4.69, 9.17) is 5.73 Å². The lowest BCUT2D eigenvalue weighted by Gasteiger charge is -2.04. The molecule has 2 nitrogen and oxygen atoms in total. The summed E-state index contributed by atoms with van der Waals surface area (Å²) in [6.07, 6.45) is 0. The van der Waals surface area contributed by atoms with Crippen molar-refractivity contribution in [3.63, 3.8) is 0 Å². The molecule has 2 aromatic carbocycles. The zero-order valence-electron chi connectivity index (χ0n) is 9.19. The number of nitrogens with two attached hydrogens (primary N) is 1. The van der Waals surface area contributed by atoms with Gasteiger partial charge in [-0.3, -0.25) is 0 Å². The average Bonchev–Trinajstić information content (AvgIpc) is 2.38. The lowest BCUT2D eigenvalue weighted by Crippen LogP contribution is -2.21. The first-order chi connectivity index (χ1) is 7.90. The predicted octanol–water partition coefficient (Wildman–Crippen LogP) is 2.36. The molecule has 0 radical (unpaired) electrons. The van der Waals surface area contributed by atoms with Crippen molar-refractivity contribution in [3.8, 4) is 11.1 Å². The summed E-state index contributed by atoms with van der Waals surface area (Å²) in [6.45, 7) is 1.34. The van der Waals surface area contributed by atoms with Crippen LogP contribution in [0, 0.1) is 0 Å². The van der Waals surface area contributed by atoms with Crippen molar-refractivity contribution in [2.24, 2.45) is 5.73 Å². The van der Waals surface area contributed by atoms with Crippen LogP contribution in [0.2, 0.25) is 0 Å². The summed E-state index contributed by atoms with van der Waals surface area (Å²) in [5, 5.41) is 3.10. The molecule has 0 fully saturated rings. The fourth-order valence-electron chi connectivity index (χ4n) is 1.66. The Balaban J connectivity index is 2.13. The van der Waals surface area contributed by atoms with Gasteiger partial charge in [0.05, 0.1) is 0 Å². The molecule has 0 saturated carbocycles. The standard InChI is InChI=1S/C14H16N2/c15-11-16-10-12-6-8-14(9-7-12)13-4-2-1-3-5-13/h1-9,16H,10-11,15H2. The van der Waals surface area contributed by atoms with Crippen LogP contribution in [0.25, 0.3) is 11.1 Å². The molecule has 2 rings (SSSR count). The lowest BCUT2D eigenvalue weighted by atomic mass is 10.0. The van der Waals surface area contributed by atoms with Gasteiger partial charge >= 0.3 is 0 Å². The maximum absolute atomic E-state index is 5.39. The molecule has 0 aromatic heterocycles. The maximum Gasteiger partial charge on any atom is 0.0431 e. The molecule has 0 amide bonds. The predicted molar refractivity (Wildman–Crippen MR) is 67.8 cm³/mol. The summed E-state index contributed by atoms with van der Waals surface area (Å²) in [5.41, 5.74) is 9.14. The second-order valence-corrected chi connectivity index (χ2v) is 3.69. The van der Waals surface area contributed by atoms with Crippen molar-refractivity contribution in [1.29, 1.82) is 0 Å². The molecule has 0 atom stereocenters. The highest BCUT2D eigenvalue weighted by Crippen LogP contribution is 2.18. The molecule has 16 heavy (non-hydrogen) atoms.